The number of aromatic nitrogens is 4. The minimum atomic E-state index is -4.56. The Morgan fingerprint density at radius 1 is 1.10 bits per heavy atom. The van der Waals surface area contributed by atoms with Gasteiger partial charge in [0.2, 0.25) is 5.91 Å². The summed E-state index contributed by atoms with van der Waals surface area (Å²) in [6.45, 7) is 2.11. The largest absolute Gasteiger partial charge is 0.418 e. The van der Waals surface area contributed by atoms with Gasteiger partial charge >= 0.3 is 6.18 Å². The van der Waals surface area contributed by atoms with Crippen LogP contribution in [0, 0.1) is 0 Å². The van der Waals surface area contributed by atoms with E-state index in [2.05, 4.69) is 30.8 Å². The van der Waals surface area contributed by atoms with Gasteiger partial charge in [-0.3, -0.25) is 9.69 Å². The summed E-state index contributed by atoms with van der Waals surface area (Å²) < 4.78 is 46.2. The zero-order chi connectivity index (χ0) is 28.3. The number of carbonyl (C=O) groups excluding carboxylic acids is 1. The Balaban J connectivity index is 1.47. The van der Waals surface area contributed by atoms with E-state index in [0.717, 1.165) is 25.7 Å². The summed E-state index contributed by atoms with van der Waals surface area (Å²) in [7, 11) is 3.83. The summed E-state index contributed by atoms with van der Waals surface area (Å²) in [4.78, 5) is 17.2. The van der Waals surface area contributed by atoms with Gasteiger partial charge in [-0.15, -0.1) is 0 Å². The zero-order valence-corrected chi connectivity index (χ0v) is 22.8. The number of benzene rings is 1. The highest BCUT2D eigenvalue weighted by Gasteiger charge is 2.42. The van der Waals surface area contributed by atoms with Crippen molar-refractivity contribution >= 4 is 17.3 Å². The third kappa shape index (κ3) is 6.12. The maximum atomic E-state index is 14.9. The highest BCUT2D eigenvalue weighted by Crippen LogP contribution is 2.48. The van der Waals surface area contributed by atoms with Crippen molar-refractivity contribution in [2.24, 2.45) is 0 Å². The number of hydrogen-bond donors (Lipinski definition) is 2. The lowest BCUT2D eigenvalue weighted by molar-refractivity contribution is -0.138. The molecule has 1 atom stereocenters. The number of amides is 1. The van der Waals surface area contributed by atoms with Crippen molar-refractivity contribution in [1.29, 1.82) is 0 Å². The SMILES string of the molecule is CNC[C@H]1CN(c2c(NC(=O)Cc3ccn(-c4ccnnc4)n3)ccc(C3CCCC3)c2C(F)(F)F)CCN1C. The number of likely N-dealkylation sites (N-methyl/N-ethyl adjacent to an activating group) is 2. The van der Waals surface area contributed by atoms with Gasteiger partial charge in [-0.1, -0.05) is 18.9 Å². The molecule has 1 amide bonds. The van der Waals surface area contributed by atoms with E-state index in [1.165, 1.54) is 6.20 Å². The first kappa shape index (κ1) is 28.0. The monoisotopic (exact) mass is 556 g/mol. The lowest BCUT2D eigenvalue weighted by Gasteiger charge is -2.42. The minimum Gasteiger partial charge on any atom is -0.366 e. The summed E-state index contributed by atoms with van der Waals surface area (Å²) >= 11 is 0. The number of alkyl halides is 3. The average Bonchev–Trinajstić information content (AvgIpc) is 3.63. The van der Waals surface area contributed by atoms with Crippen LogP contribution < -0.4 is 15.5 Å². The van der Waals surface area contributed by atoms with E-state index >= 15 is 0 Å². The normalized spacial score (nSPS) is 18.8. The van der Waals surface area contributed by atoms with E-state index in [-0.39, 0.29) is 29.8 Å². The topological polar surface area (TPSA) is 91.2 Å². The molecule has 12 heteroatoms. The lowest BCUT2D eigenvalue weighted by Crippen LogP contribution is -2.55. The first-order valence-corrected chi connectivity index (χ1v) is 13.7. The first-order chi connectivity index (χ1) is 19.2. The van der Waals surface area contributed by atoms with Crippen LogP contribution in [0.2, 0.25) is 0 Å². The molecule has 3 aromatic rings. The Kier molecular flexibility index (Phi) is 8.36. The smallest absolute Gasteiger partial charge is 0.366 e. The van der Waals surface area contributed by atoms with Crippen molar-refractivity contribution < 1.29 is 18.0 Å². The molecule has 1 saturated heterocycles. The molecular formula is C28H35F3N8O. The number of anilines is 2. The van der Waals surface area contributed by atoms with Gasteiger partial charge in [0.05, 0.1) is 47.1 Å². The number of carbonyl (C=O) groups is 1. The first-order valence-electron chi connectivity index (χ1n) is 13.7. The Morgan fingerprint density at radius 2 is 1.90 bits per heavy atom. The number of halogens is 3. The molecule has 3 heterocycles. The predicted octanol–water partition coefficient (Wildman–Crippen LogP) is 3.86. The molecule has 2 aliphatic rings. The molecule has 1 saturated carbocycles. The molecule has 1 aliphatic heterocycles. The highest BCUT2D eigenvalue weighted by atomic mass is 19.4. The molecule has 214 valence electrons. The molecule has 5 rings (SSSR count). The standard InChI is InChI=1S/C28H35F3N8O/c1-32-16-22-18-38(14-13-37(22)2)27-24(8-7-23(19-5-3-4-6-19)26(27)28(29,30)31)35-25(40)15-20-10-12-39(36-20)21-9-11-33-34-17-21/h7-12,17,19,22,32H,3-6,13-16,18H2,1-2H3,(H,35,40)/t22-/m0/s1. The predicted molar refractivity (Wildman–Crippen MR) is 147 cm³/mol. The molecule has 40 heavy (non-hydrogen) atoms. The zero-order valence-electron chi connectivity index (χ0n) is 22.8. The number of hydrogen-bond acceptors (Lipinski definition) is 7. The number of nitrogens with one attached hydrogen (secondary N) is 2. The quantitative estimate of drug-likeness (QED) is 0.436. The molecule has 0 unspecified atom stereocenters. The van der Waals surface area contributed by atoms with E-state index in [0.29, 0.717) is 43.1 Å². The third-order valence-corrected chi connectivity index (χ3v) is 7.91. The fourth-order valence-electron chi connectivity index (χ4n) is 5.89. The molecule has 2 fully saturated rings. The second-order valence-electron chi connectivity index (χ2n) is 10.6. The molecular weight excluding hydrogens is 521 g/mol. The molecule has 1 aromatic carbocycles. The summed E-state index contributed by atoms with van der Waals surface area (Å²) in [6.07, 6.45) is 3.49. The van der Waals surface area contributed by atoms with Gasteiger partial charge in [0, 0.05) is 38.4 Å². The Bertz CT molecular complexity index is 1310. The lowest BCUT2D eigenvalue weighted by atomic mass is 9.90. The van der Waals surface area contributed by atoms with E-state index in [1.807, 2.05) is 19.0 Å². The molecule has 2 aromatic heterocycles. The summed E-state index contributed by atoms with van der Waals surface area (Å²) in [5, 5.41) is 18.0. The summed E-state index contributed by atoms with van der Waals surface area (Å²) in [6, 6.07) is 6.70. The maximum Gasteiger partial charge on any atom is 0.418 e. The average molecular weight is 557 g/mol. The second kappa shape index (κ2) is 11.9. The Labute approximate surface area is 231 Å². The minimum absolute atomic E-state index is 0.0326. The van der Waals surface area contributed by atoms with Gasteiger partial charge in [0.15, 0.2) is 0 Å². The van der Waals surface area contributed by atoms with Crippen LogP contribution in [0.5, 0.6) is 0 Å². The van der Waals surface area contributed by atoms with E-state index in [1.54, 1.807) is 41.3 Å². The van der Waals surface area contributed by atoms with Crippen LogP contribution in [0.4, 0.5) is 24.5 Å². The van der Waals surface area contributed by atoms with Crippen LogP contribution in [0.3, 0.4) is 0 Å². The van der Waals surface area contributed by atoms with Crippen molar-refractivity contribution in [2.45, 2.75) is 50.2 Å². The maximum absolute atomic E-state index is 14.9. The van der Waals surface area contributed by atoms with Gasteiger partial charge in [0.1, 0.15) is 0 Å². The molecule has 1 aliphatic carbocycles. The third-order valence-electron chi connectivity index (χ3n) is 7.91. The van der Waals surface area contributed by atoms with Crippen molar-refractivity contribution in [2.75, 3.05) is 50.5 Å². The highest BCUT2D eigenvalue weighted by molar-refractivity contribution is 5.96. The van der Waals surface area contributed by atoms with E-state index in [4.69, 9.17) is 0 Å². The molecule has 2 N–H and O–H groups in total. The fraction of sp³-hybridized carbons (Fsp3) is 0.500. The summed E-state index contributed by atoms with van der Waals surface area (Å²) in [5.41, 5.74) is 1.17. The fourth-order valence-corrected chi connectivity index (χ4v) is 5.89. The molecule has 0 radical (unpaired) electrons. The molecule has 0 spiro atoms. The Hall–Kier alpha value is -3.51. The van der Waals surface area contributed by atoms with Crippen molar-refractivity contribution in [1.82, 2.24) is 30.2 Å². The van der Waals surface area contributed by atoms with Gasteiger partial charge in [-0.2, -0.15) is 28.5 Å². The number of nitrogens with zero attached hydrogens (tertiary/aromatic N) is 6. The van der Waals surface area contributed by atoms with Gasteiger partial charge < -0.3 is 15.5 Å². The van der Waals surface area contributed by atoms with Crippen LogP contribution in [-0.2, 0) is 17.4 Å². The molecule has 0 bridgehead atoms. The van der Waals surface area contributed by atoms with Gasteiger partial charge in [0.25, 0.3) is 0 Å². The number of rotatable bonds is 8. The van der Waals surface area contributed by atoms with Crippen LogP contribution in [-0.4, -0.2) is 77.1 Å². The van der Waals surface area contributed by atoms with Crippen molar-refractivity contribution in [3.05, 3.63) is 59.7 Å². The summed E-state index contributed by atoms with van der Waals surface area (Å²) in [5.74, 6) is -0.561. The van der Waals surface area contributed by atoms with E-state index < -0.39 is 17.6 Å². The second-order valence-corrected chi connectivity index (χ2v) is 10.6. The molecule has 9 nitrogen and oxygen atoms in total. The number of piperazine rings is 1. The van der Waals surface area contributed by atoms with Crippen LogP contribution >= 0.6 is 0 Å². The van der Waals surface area contributed by atoms with Crippen LogP contribution in [0.1, 0.15) is 48.4 Å². The van der Waals surface area contributed by atoms with Gasteiger partial charge in [-0.05, 0) is 56.6 Å². The van der Waals surface area contributed by atoms with Crippen molar-refractivity contribution in [3.8, 4) is 5.69 Å². The van der Waals surface area contributed by atoms with E-state index in [9.17, 15) is 18.0 Å². The van der Waals surface area contributed by atoms with Crippen LogP contribution in [0.15, 0.2) is 42.9 Å². The Morgan fingerprint density at radius 3 is 2.60 bits per heavy atom. The van der Waals surface area contributed by atoms with Gasteiger partial charge in [-0.25, -0.2) is 4.68 Å². The van der Waals surface area contributed by atoms with Crippen molar-refractivity contribution in [3.63, 3.8) is 0 Å². The van der Waals surface area contributed by atoms with Crippen LogP contribution in [0.25, 0.3) is 5.69 Å².